The number of pyridine rings is 1. The molecule has 5 heteroatoms. The minimum Gasteiger partial charge on any atom is -0.456 e. The van der Waals surface area contributed by atoms with Crippen molar-refractivity contribution in [3.8, 4) is 6.07 Å². The predicted octanol–water partition coefficient (Wildman–Crippen LogP) is 2.87. The lowest BCUT2D eigenvalue weighted by molar-refractivity contribution is 0.00682. The summed E-state index contributed by atoms with van der Waals surface area (Å²) in [5, 5.41) is 8.92. The van der Waals surface area contributed by atoms with Crippen molar-refractivity contribution >= 4 is 17.6 Å². The van der Waals surface area contributed by atoms with Crippen LogP contribution in [0.25, 0.3) is 0 Å². The molecule has 4 nitrogen and oxygen atoms in total. The fourth-order valence-electron chi connectivity index (χ4n) is 1.19. The first-order chi connectivity index (χ1) is 7.74. The first-order valence-electron chi connectivity index (χ1n) is 5.05. The third-order valence-corrected chi connectivity index (χ3v) is 2.19. The quantitative estimate of drug-likeness (QED) is 0.569. The summed E-state index contributed by atoms with van der Waals surface area (Å²) in [6.45, 7) is 6.96. The Bertz CT molecular complexity index is 498. The van der Waals surface area contributed by atoms with Crippen LogP contribution in [0.2, 0.25) is 5.15 Å². The Morgan fingerprint density at radius 1 is 1.53 bits per heavy atom. The zero-order valence-electron chi connectivity index (χ0n) is 10.2. The number of rotatable bonds is 1. The van der Waals surface area contributed by atoms with Gasteiger partial charge in [0.1, 0.15) is 16.8 Å². The number of aryl methyl sites for hydroxylation is 1. The van der Waals surface area contributed by atoms with Gasteiger partial charge in [-0.2, -0.15) is 5.26 Å². The molecule has 1 aromatic rings. The Morgan fingerprint density at radius 3 is 2.59 bits per heavy atom. The van der Waals surface area contributed by atoms with E-state index in [9.17, 15) is 4.79 Å². The van der Waals surface area contributed by atoms with Crippen LogP contribution in [0.5, 0.6) is 0 Å². The van der Waals surface area contributed by atoms with E-state index >= 15 is 0 Å². The van der Waals surface area contributed by atoms with Crippen LogP contribution in [0, 0.1) is 18.3 Å². The van der Waals surface area contributed by atoms with E-state index in [0.29, 0.717) is 5.69 Å². The highest BCUT2D eigenvalue weighted by Crippen LogP contribution is 2.19. The summed E-state index contributed by atoms with van der Waals surface area (Å²) in [6.07, 6.45) is 0. The Hall–Kier alpha value is -1.60. The summed E-state index contributed by atoms with van der Waals surface area (Å²) in [4.78, 5) is 15.8. The Labute approximate surface area is 105 Å². The van der Waals surface area contributed by atoms with Crippen LogP contribution in [0.3, 0.4) is 0 Å². The van der Waals surface area contributed by atoms with Crippen molar-refractivity contribution < 1.29 is 9.53 Å². The summed E-state index contributed by atoms with van der Waals surface area (Å²) in [7, 11) is 0. The molecule has 0 aliphatic heterocycles. The van der Waals surface area contributed by atoms with E-state index in [1.807, 2.05) is 6.07 Å². The molecule has 1 rings (SSSR count). The number of carbonyl (C=O) groups is 1. The predicted molar refractivity (Wildman–Crippen MR) is 63.9 cm³/mol. The summed E-state index contributed by atoms with van der Waals surface area (Å²) in [6, 6.07) is 3.28. The van der Waals surface area contributed by atoms with Gasteiger partial charge < -0.3 is 4.74 Å². The summed E-state index contributed by atoms with van der Waals surface area (Å²) < 4.78 is 5.21. The molecule has 1 aromatic heterocycles. The summed E-state index contributed by atoms with van der Waals surface area (Å²) in [5.41, 5.74) is 0.290. The minimum absolute atomic E-state index is 0.0947. The van der Waals surface area contributed by atoms with E-state index in [0.717, 1.165) is 0 Å². The highest BCUT2D eigenvalue weighted by atomic mass is 35.5. The maximum absolute atomic E-state index is 11.8. The number of halogens is 1. The molecule has 0 spiro atoms. The maximum atomic E-state index is 11.8. The maximum Gasteiger partial charge on any atom is 0.340 e. The Balaban J connectivity index is 3.15. The number of carbonyl (C=O) groups excluding carboxylic acids is 1. The number of nitriles is 1. The van der Waals surface area contributed by atoms with Gasteiger partial charge in [-0.15, -0.1) is 0 Å². The Kier molecular flexibility index (Phi) is 3.74. The van der Waals surface area contributed by atoms with E-state index in [-0.39, 0.29) is 16.3 Å². The van der Waals surface area contributed by atoms with Crippen molar-refractivity contribution in [1.29, 1.82) is 5.26 Å². The van der Waals surface area contributed by atoms with Crippen LogP contribution in [0.15, 0.2) is 6.07 Å². The molecule has 0 aliphatic carbocycles. The van der Waals surface area contributed by atoms with Crippen LogP contribution < -0.4 is 0 Å². The Morgan fingerprint density at radius 2 is 2.12 bits per heavy atom. The second-order valence-corrected chi connectivity index (χ2v) is 4.93. The van der Waals surface area contributed by atoms with Crippen molar-refractivity contribution in [1.82, 2.24) is 4.98 Å². The van der Waals surface area contributed by atoms with E-state index < -0.39 is 11.6 Å². The van der Waals surface area contributed by atoms with Crippen molar-refractivity contribution in [3.63, 3.8) is 0 Å². The molecule has 0 aliphatic rings. The van der Waals surface area contributed by atoms with Gasteiger partial charge in [-0.25, -0.2) is 9.78 Å². The molecule has 0 saturated heterocycles. The molecule has 0 N–H and O–H groups in total. The highest BCUT2D eigenvalue weighted by Gasteiger charge is 2.21. The lowest BCUT2D eigenvalue weighted by atomic mass is 10.1. The molecule has 0 aromatic carbocycles. The number of nitrogens with zero attached hydrogens (tertiary/aromatic N) is 2. The SMILES string of the molecule is Cc1nc(Cl)c(C#N)cc1C(=O)OC(C)(C)C. The van der Waals surface area contributed by atoms with E-state index in [1.165, 1.54) is 6.07 Å². The molecule has 1 heterocycles. The van der Waals surface area contributed by atoms with E-state index in [4.69, 9.17) is 21.6 Å². The number of esters is 1. The van der Waals surface area contributed by atoms with Crippen LogP contribution in [0.1, 0.15) is 42.4 Å². The fourth-order valence-corrected chi connectivity index (χ4v) is 1.42. The molecule has 90 valence electrons. The van der Waals surface area contributed by atoms with Crippen molar-refractivity contribution in [3.05, 3.63) is 28.0 Å². The van der Waals surface area contributed by atoms with Gasteiger partial charge in [0.2, 0.25) is 0 Å². The van der Waals surface area contributed by atoms with Crippen LogP contribution in [0.4, 0.5) is 0 Å². The van der Waals surface area contributed by atoms with Gasteiger partial charge in [0.05, 0.1) is 16.8 Å². The van der Waals surface area contributed by atoms with Gasteiger partial charge in [0, 0.05) is 0 Å². The minimum atomic E-state index is -0.587. The van der Waals surface area contributed by atoms with Crippen molar-refractivity contribution in [2.75, 3.05) is 0 Å². The number of aromatic nitrogens is 1. The van der Waals surface area contributed by atoms with Gasteiger partial charge in [0.15, 0.2) is 0 Å². The highest BCUT2D eigenvalue weighted by molar-refractivity contribution is 6.30. The topological polar surface area (TPSA) is 63.0 Å². The molecule has 0 unspecified atom stereocenters. The van der Waals surface area contributed by atoms with Gasteiger partial charge in [-0.3, -0.25) is 0 Å². The molecular formula is C12H13ClN2O2. The van der Waals surface area contributed by atoms with Gasteiger partial charge >= 0.3 is 5.97 Å². The molecule has 0 saturated carbocycles. The van der Waals surface area contributed by atoms with Crippen LogP contribution in [-0.2, 0) is 4.74 Å². The molecule has 17 heavy (non-hydrogen) atoms. The number of hydrogen-bond donors (Lipinski definition) is 0. The zero-order valence-corrected chi connectivity index (χ0v) is 10.9. The molecule has 0 atom stereocenters. The standard InChI is InChI=1S/C12H13ClN2O2/c1-7-9(11(16)17-12(2,3)4)5-8(6-14)10(13)15-7/h5H,1-4H3. The average Bonchev–Trinajstić information content (AvgIpc) is 2.14. The first-order valence-corrected chi connectivity index (χ1v) is 5.43. The van der Waals surface area contributed by atoms with Gasteiger partial charge in [-0.1, -0.05) is 11.6 Å². The normalized spacial score (nSPS) is 10.8. The average molecular weight is 253 g/mol. The monoisotopic (exact) mass is 252 g/mol. The molecule has 0 bridgehead atoms. The largest absolute Gasteiger partial charge is 0.456 e. The number of ether oxygens (including phenoxy) is 1. The second kappa shape index (κ2) is 4.72. The lowest BCUT2D eigenvalue weighted by Gasteiger charge is -2.20. The zero-order chi connectivity index (χ0) is 13.2. The van der Waals surface area contributed by atoms with Gasteiger partial charge in [-0.05, 0) is 33.8 Å². The molecule has 0 fully saturated rings. The molecule has 0 amide bonds. The third kappa shape index (κ3) is 3.43. The second-order valence-electron chi connectivity index (χ2n) is 4.57. The van der Waals surface area contributed by atoms with Crippen LogP contribution in [-0.4, -0.2) is 16.6 Å². The summed E-state index contributed by atoms with van der Waals surface area (Å²) >= 11 is 5.75. The van der Waals surface area contributed by atoms with Crippen molar-refractivity contribution in [2.24, 2.45) is 0 Å². The lowest BCUT2D eigenvalue weighted by Crippen LogP contribution is -2.24. The van der Waals surface area contributed by atoms with Crippen LogP contribution >= 0.6 is 11.6 Å². The molecular weight excluding hydrogens is 240 g/mol. The summed E-state index contributed by atoms with van der Waals surface area (Å²) in [5.74, 6) is -0.504. The van der Waals surface area contributed by atoms with Gasteiger partial charge in [0.25, 0.3) is 0 Å². The van der Waals surface area contributed by atoms with E-state index in [2.05, 4.69) is 4.98 Å². The number of hydrogen-bond acceptors (Lipinski definition) is 4. The third-order valence-electron chi connectivity index (χ3n) is 1.91. The molecule has 0 radical (unpaired) electrons. The van der Waals surface area contributed by atoms with Crippen molar-refractivity contribution in [2.45, 2.75) is 33.3 Å². The fraction of sp³-hybridized carbons (Fsp3) is 0.417. The smallest absolute Gasteiger partial charge is 0.340 e. The van der Waals surface area contributed by atoms with E-state index in [1.54, 1.807) is 27.7 Å². The first kappa shape index (κ1) is 13.5.